The molecule has 0 spiro atoms. The molecule has 1 amide bonds. The number of carboxylic acids is 7. The highest BCUT2D eigenvalue weighted by Crippen LogP contribution is 1.94. The summed E-state index contributed by atoms with van der Waals surface area (Å²) < 4.78 is 0. The Morgan fingerprint density at radius 3 is 0.868 bits per heavy atom. The first kappa shape index (κ1) is 40.8. The number of carbonyl (C=O) groups is 8. The van der Waals surface area contributed by atoms with E-state index in [0.717, 1.165) is 0 Å². The van der Waals surface area contributed by atoms with Crippen LogP contribution >= 0.6 is 0 Å². The van der Waals surface area contributed by atoms with Crippen LogP contribution in [0.15, 0.2) is 0 Å². The monoisotopic (exact) mass is 559 g/mol. The number of carboxylic acid groups (broad SMARTS) is 7. The average Bonchev–Trinajstić information content (AvgIpc) is 2.75. The van der Waals surface area contributed by atoms with Gasteiger partial charge in [0.1, 0.15) is 24.2 Å². The Morgan fingerprint density at radius 1 is 0.447 bits per heavy atom. The summed E-state index contributed by atoms with van der Waals surface area (Å²) in [6.07, 6.45) is -1.17. The third-order valence-corrected chi connectivity index (χ3v) is 3.43. The van der Waals surface area contributed by atoms with Crippen molar-refractivity contribution in [3.8, 4) is 0 Å². The predicted molar refractivity (Wildman–Crippen MR) is 122 cm³/mol. The molecule has 0 aliphatic carbocycles. The van der Waals surface area contributed by atoms with E-state index < -0.39 is 84.7 Å². The summed E-state index contributed by atoms with van der Waals surface area (Å²) in [6, 6.07) is -4.62. The Balaban J connectivity index is -0.000000203. The Bertz CT molecular complexity index is 754. The van der Waals surface area contributed by atoms with E-state index in [2.05, 4.69) is 0 Å². The van der Waals surface area contributed by atoms with E-state index in [1.165, 1.54) is 0 Å². The Labute approximate surface area is 214 Å². The topological polar surface area (TPSA) is 408 Å². The molecule has 0 aliphatic heterocycles. The summed E-state index contributed by atoms with van der Waals surface area (Å²) in [4.78, 5) is 79.2. The van der Waals surface area contributed by atoms with Gasteiger partial charge in [0.25, 0.3) is 0 Å². The van der Waals surface area contributed by atoms with Gasteiger partial charge >= 0.3 is 41.8 Å². The van der Waals surface area contributed by atoms with Crippen molar-refractivity contribution >= 4 is 47.7 Å². The fourth-order valence-corrected chi connectivity index (χ4v) is 1.37. The van der Waals surface area contributed by atoms with Crippen LogP contribution in [0.2, 0.25) is 0 Å². The van der Waals surface area contributed by atoms with Crippen molar-refractivity contribution in [1.82, 2.24) is 0 Å². The van der Waals surface area contributed by atoms with Gasteiger partial charge in [-0.25, -0.2) is 0 Å². The van der Waals surface area contributed by atoms with Crippen LogP contribution in [0.1, 0.15) is 38.5 Å². The first-order chi connectivity index (χ1) is 17.1. The van der Waals surface area contributed by atoms with Gasteiger partial charge in [-0.3, -0.25) is 38.4 Å². The van der Waals surface area contributed by atoms with Crippen molar-refractivity contribution in [3.63, 3.8) is 0 Å². The minimum Gasteiger partial charge on any atom is -0.481 e. The van der Waals surface area contributed by atoms with Crippen LogP contribution in [-0.2, 0) is 38.4 Å². The van der Waals surface area contributed by atoms with E-state index in [4.69, 9.17) is 64.4 Å². The zero-order valence-corrected chi connectivity index (χ0v) is 19.8. The molecule has 220 valence electrons. The minimum absolute atomic E-state index is 0.0213. The molecule has 0 heterocycles. The number of hydrogen-bond acceptors (Lipinski definition) is 12. The van der Waals surface area contributed by atoms with Crippen molar-refractivity contribution in [1.29, 1.82) is 0 Å². The van der Waals surface area contributed by atoms with E-state index in [1.54, 1.807) is 0 Å². The molecule has 0 rings (SSSR count). The molecule has 0 aromatic rings. The number of primary amides is 1. The van der Waals surface area contributed by atoms with Gasteiger partial charge in [0.05, 0.1) is 12.8 Å². The summed E-state index contributed by atoms with van der Waals surface area (Å²) in [6.45, 7) is 0. The molecule has 0 fully saturated rings. The van der Waals surface area contributed by atoms with Crippen molar-refractivity contribution < 1.29 is 74.1 Å². The predicted octanol–water partition coefficient (Wildman–Crippen LogP) is -4.33. The van der Waals surface area contributed by atoms with Crippen molar-refractivity contribution in [2.75, 3.05) is 0 Å². The molecule has 20 nitrogen and oxygen atoms in total. The molecule has 17 N–H and O–H groups in total. The zero-order chi connectivity index (χ0) is 31.2. The summed E-state index contributed by atoms with van der Waals surface area (Å²) in [5, 5.41) is 56.6. The molecular weight excluding hydrogens is 526 g/mol. The summed E-state index contributed by atoms with van der Waals surface area (Å²) in [5.74, 6) is -8.83. The number of aliphatic carboxylic acids is 7. The summed E-state index contributed by atoms with van der Waals surface area (Å²) in [7, 11) is 0. The SMILES string of the molecule is NC(=O)CCC(N)C(=O)O.NC(CC(=O)O)C(=O)O.NC(CC(=O)O)C(=O)O.NC(CCC(=O)O)C(=O)O. The molecule has 0 radical (unpaired) electrons. The summed E-state index contributed by atoms with van der Waals surface area (Å²) >= 11 is 0. The first-order valence-corrected chi connectivity index (χ1v) is 10.0. The van der Waals surface area contributed by atoms with Gasteiger partial charge in [-0.05, 0) is 12.8 Å². The average molecular weight is 559 g/mol. The highest BCUT2D eigenvalue weighted by Gasteiger charge is 2.15. The minimum atomic E-state index is -1.29. The van der Waals surface area contributed by atoms with Gasteiger partial charge in [-0.1, -0.05) is 0 Å². The quantitative estimate of drug-likeness (QED) is 0.0956. The largest absolute Gasteiger partial charge is 0.481 e. The van der Waals surface area contributed by atoms with Crippen LogP contribution in [-0.4, -0.2) is 108 Å². The molecule has 38 heavy (non-hydrogen) atoms. The Hall–Kier alpha value is -4.40. The third-order valence-electron chi connectivity index (χ3n) is 3.43. The molecule has 0 saturated carbocycles. The van der Waals surface area contributed by atoms with Crippen molar-refractivity contribution in [2.45, 2.75) is 62.7 Å². The standard InChI is InChI=1S/C5H10N2O3.C5H9NO4.2C4H7NO4/c2*6-3(5(9)10)1-2-4(7)8;2*5-2(4(8)9)1-3(6)7/h3H,1-2,6H2,(H2,7,8)(H,9,10);3H,1-2,6H2,(H,7,8)(H,9,10);2*2H,1,5H2,(H,6,7)(H,8,9). The number of amides is 1. The van der Waals surface area contributed by atoms with Gasteiger partial charge in [-0.2, -0.15) is 0 Å². The lowest BCUT2D eigenvalue weighted by Crippen LogP contribution is -2.32. The van der Waals surface area contributed by atoms with Crippen LogP contribution in [0.3, 0.4) is 0 Å². The molecule has 0 bridgehead atoms. The van der Waals surface area contributed by atoms with E-state index in [0.29, 0.717) is 0 Å². The lowest BCUT2D eigenvalue weighted by atomic mass is 10.2. The zero-order valence-electron chi connectivity index (χ0n) is 19.8. The first-order valence-electron chi connectivity index (χ1n) is 10.0. The van der Waals surface area contributed by atoms with Gasteiger partial charge in [0.2, 0.25) is 5.91 Å². The van der Waals surface area contributed by atoms with Crippen molar-refractivity contribution in [3.05, 3.63) is 0 Å². The van der Waals surface area contributed by atoms with Gasteiger partial charge in [-0.15, -0.1) is 0 Å². The number of hydrogen-bond donors (Lipinski definition) is 12. The lowest BCUT2D eigenvalue weighted by molar-refractivity contribution is -0.144. The lowest BCUT2D eigenvalue weighted by Gasteiger charge is -2.01. The smallest absolute Gasteiger partial charge is 0.321 e. The molecule has 0 aromatic heterocycles. The van der Waals surface area contributed by atoms with E-state index >= 15 is 0 Å². The molecule has 4 atom stereocenters. The van der Waals surface area contributed by atoms with Crippen molar-refractivity contribution in [2.24, 2.45) is 28.7 Å². The van der Waals surface area contributed by atoms with Crippen LogP contribution in [0, 0.1) is 0 Å². The molecule has 0 aliphatic rings. The maximum atomic E-state index is 10.1. The summed E-state index contributed by atoms with van der Waals surface area (Å²) in [5.41, 5.74) is 24.5. The third kappa shape index (κ3) is 33.8. The van der Waals surface area contributed by atoms with Gasteiger partial charge in [0.15, 0.2) is 0 Å². The van der Waals surface area contributed by atoms with Crippen LogP contribution < -0.4 is 28.7 Å². The highest BCUT2D eigenvalue weighted by atomic mass is 16.4. The van der Waals surface area contributed by atoms with Crippen LogP contribution in [0.25, 0.3) is 0 Å². The normalized spacial score (nSPS) is 12.5. The number of nitrogens with two attached hydrogens (primary N) is 5. The molecule has 0 aromatic carbocycles. The fraction of sp³-hybridized carbons (Fsp3) is 0.556. The van der Waals surface area contributed by atoms with E-state index in [1.807, 2.05) is 0 Å². The second-order valence-corrected chi connectivity index (χ2v) is 6.91. The molecular formula is C18H33N5O15. The van der Waals surface area contributed by atoms with Gasteiger partial charge < -0.3 is 64.4 Å². The second kappa shape index (κ2) is 23.0. The molecule has 0 saturated heterocycles. The van der Waals surface area contributed by atoms with Crippen LogP contribution in [0.5, 0.6) is 0 Å². The maximum absolute atomic E-state index is 10.1. The second-order valence-electron chi connectivity index (χ2n) is 6.91. The Morgan fingerprint density at radius 2 is 0.711 bits per heavy atom. The highest BCUT2D eigenvalue weighted by molar-refractivity contribution is 5.81. The van der Waals surface area contributed by atoms with Gasteiger partial charge in [0, 0.05) is 12.8 Å². The molecule has 4 unspecified atom stereocenters. The van der Waals surface area contributed by atoms with E-state index in [9.17, 15) is 38.4 Å². The van der Waals surface area contributed by atoms with Crippen LogP contribution in [0.4, 0.5) is 0 Å². The number of rotatable bonds is 14. The molecule has 20 heteroatoms. The Kier molecular flexibility index (Phi) is 24.7. The van der Waals surface area contributed by atoms with E-state index in [-0.39, 0.29) is 25.7 Å². The number of carbonyl (C=O) groups excluding carboxylic acids is 1. The fourth-order valence-electron chi connectivity index (χ4n) is 1.37. The maximum Gasteiger partial charge on any atom is 0.321 e.